The SMILES string of the molecule is N#Cc1ccc2c3cccc4c3=c3c(cccc3c3cc(-c5cccc6c5sc5nc7ccccc7n56)ccc3c2c1)c1ccccc1c1ccccc41. The molecule has 248 valence electrons. The summed E-state index contributed by atoms with van der Waals surface area (Å²) in [4.78, 5) is 6.00. The Hall–Kier alpha value is -7.06. The van der Waals surface area contributed by atoms with E-state index in [-0.39, 0.29) is 0 Å². The molecule has 0 amide bonds. The van der Waals surface area contributed by atoms with Crippen LogP contribution >= 0.6 is 11.3 Å². The van der Waals surface area contributed by atoms with Gasteiger partial charge in [0.05, 0.1) is 32.9 Å². The average molecular weight is 702 g/mol. The maximum atomic E-state index is 10.2. The van der Waals surface area contributed by atoms with E-state index in [1.807, 2.05) is 12.1 Å². The summed E-state index contributed by atoms with van der Waals surface area (Å²) in [6.45, 7) is 0. The maximum absolute atomic E-state index is 10.2. The number of rotatable bonds is 1. The highest BCUT2D eigenvalue weighted by molar-refractivity contribution is 7.24. The molecule has 4 heteroatoms. The minimum Gasteiger partial charge on any atom is -0.283 e. The van der Waals surface area contributed by atoms with E-state index in [4.69, 9.17) is 4.98 Å². The fraction of sp³-hybridized carbons (Fsp3) is 0. The van der Waals surface area contributed by atoms with Crippen LogP contribution in [-0.2, 0) is 0 Å². The third-order valence-electron chi connectivity index (χ3n) is 11.4. The summed E-state index contributed by atoms with van der Waals surface area (Å²) in [5, 5.41) is 26.8. The molecular weight excluding hydrogens is 675 g/mol. The highest BCUT2D eigenvalue weighted by Gasteiger charge is 2.17. The zero-order chi connectivity index (χ0) is 35.5. The van der Waals surface area contributed by atoms with E-state index in [2.05, 4.69) is 162 Å². The van der Waals surface area contributed by atoms with Crippen molar-refractivity contribution in [2.24, 2.45) is 0 Å². The predicted octanol–water partition coefficient (Wildman–Crippen LogP) is 13.4. The summed E-state index contributed by atoms with van der Waals surface area (Å²) in [5.41, 5.74) is 6.28. The van der Waals surface area contributed by atoms with Crippen LogP contribution in [0.3, 0.4) is 0 Å². The number of thiazole rings is 1. The molecule has 2 aliphatic rings. The second-order valence-electron chi connectivity index (χ2n) is 14.2. The topological polar surface area (TPSA) is 41.1 Å². The molecule has 0 aliphatic heterocycles. The molecule has 2 aromatic heterocycles. The lowest BCUT2D eigenvalue weighted by Crippen LogP contribution is -1.90. The molecule has 8 aromatic carbocycles. The monoisotopic (exact) mass is 701 g/mol. The van der Waals surface area contributed by atoms with Gasteiger partial charge in [0, 0.05) is 5.56 Å². The first kappa shape index (κ1) is 29.5. The van der Waals surface area contributed by atoms with Crippen molar-refractivity contribution in [3.63, 3.8) is 0 Å². The summed E-state index contributed by atoms with van der Waals surface area (Å²) < 4.78 is 3.50. The Bertz CT molecular complexity index is 3750. The molecule has 3 nitrogen and oxygen atoms in total. The van der Waals surface area contributed by atoms with E-state index in [1.54, 1.807) is 11.3 Å². The first-order valence-corrected chi connectivity index (χ1v) is 19.0. The van der Waals surface area contributed by atoms with E-state index < -0.39 is 0 Å². The molecular formula is C50H27N3S. The lowest BCUT2D eigenvalue weighted by atomic mass is 9.89. The van der Waals surface area contributed by atoms with Crippen molar-refractivity contribution < 1.29 is 0 Å². The molecule has 0 fully saturated rings. The molecule has 0 radical (unpaired) electrons. The molecule has 0 N–H and O–H groups in total. The fourth-order valence-corrected chi connectivity index (χ4v) is 10.3. The number of nitriles is 1. The number of benzene rings is 8. The van der Waals surface area contributed by atoms with Crippen LogP contribution in [0.1, 0.15) is 5.56 Å². The first-order valence-electron chi connectivity index (χ1n) is 18.2. The van der Waals surface area contributed by atoms with Crippen LogP contribution in [0.25, 0.3) is 102 Å². The third-order valence-corrected chi connectivity index (χ3v) is 12.5. The smallest absolute Gasteiger partial charge is 0.195 e. The minimum atomic E-state index is 0.648. The molecule has 0 atom stereocenters. The summed E-state index contributed by atoms with van der Waals surface area (Å²) in [6.07, 6.45) is 0. The summed E-state index contributed by atoms with van der Waals surface area (Å²) in [5.74, 6) is 0. The Morgan fingerprint density at radius 3 is 1.63 bits per heavy atom. The van der Waals surface area contributed by atoms with Gasteiger partial charge >= 0.3 is 0 Å². The third kappa shape index (κ3) is 3.96. The zero-order valence-electron chi connectivity index (χ0n) is 28.8. The van der Waals surface area contributed by atoms with Crippen LogP contribution in [-0.4, -0.2) is 9.38 Å². The second-order valence-corrected chi connectivity index (χ2v) is 15.1. The van der Waals surface area contributed by atoms with Crippen molar-refractivity contribution in [3.8, 4) is 17.2 Å². The van der Waals surface area contributed by atoms with Gasteiger partial charge in [-0.05, 0) is 117 Å². The van der Waals surface area contributed by atoms with Crippen LogP contribution in [0.15, 0.2) is 164 Å². The molecule has 2 aliphatic carbocycles. The Morgan fingerprint density at radius 1 is 0.444 bits per heavy atom. The standard InChI is InChI=1S/C50H27N3S/c51-28-29-22-24-36-40-17-7-15-38-34-12-3-1-10-32(34)33-11-2-4-13-35(33)39-16-8-18-41(48(39)47(38)40)43-27-30(23-25-37(43)42(36)26-29)31-14-9-21-46-49(31)54-50-52-44-19-5-6-20-45(44)53(46)50/h1-27H. The van der Waals surface area contributed by atoms with Gasteiger partial charge in [-0.25, -0.2) is 4.98 Å². The van der Waals surface area contributed by atoms with Gasteiger partial charge in [-0.1, -0.05) is 139 Å². The summed E-state index contributed by atoms with van der Waals surface area (Å²) >= 11 is 1.74. The van der Waals surface area contributed by atoms with Gasteiger partial charge in [-0.3, -0.25) is 4.40 Å². The average Bonchev–Trinajstić information content (AvgIpc) is 3.78. The second kappa shape index (κ2) is 11.0. The molecule has 0 spiro atoms. The van der Waals surface area contributed by atoms with Crippen LogP contribution in [0.2, 0.25) is 0 Å². The van der Waals surface area contributed by atoms with Crippen molar-refractivity contribution in [3.05, 3.63) is 180 Å². The van der Waals surface area contributed by atoms with E-state index in [1.165, 1.54) is 63.8 Å². The predicted molar refractivity (Wildman–Crippen MR) is 227 cm³/mol. The number of hydrogen-bond donors (Lipinski definition) is 0. The normalized spacial score (nSPS) is 12.1. The van der Waals surface area contributed by atoms with Gasteiger partial charge in [0.2, 0.25) is 0 Å². The van der Waals surface area contributed by atoms with Crippen LogP contribution in [0.5, 0.6) is 0 Å². The van der Waals surface area contributed by atoms with Crippen molar-refractivity contribution >= 4 is 102 Å². The van der Waals surface area contributed by atoms with Crippen molar-refractivity contribution in [2.45, 2.75) is 0 Å². The summed E-state index contributed by atoms with van der Waals surface area (Å²) in [6, 6.07) is 61.7. The molecule has 0 unspecified atom stereocenters. The Labute approximate surface area is 312 Å². The lowest BCUT2D eigenvalue weighted by molar-refractivity contribution is 1.35. The van der Waals surface area contributed by atoms with Gasteiger partial charge in [-0.15, -0.1) is 0 Å². The molecule has 2 heterocycles. The van der Waals surface area contributed by atoms with Crippen LogP contribution < -0.4 is 0 Å². The van der Waals surface area contributed by atoms with Crippen LogP contribution in [0.4, 0.5) is 0 Å². The number of fused-ring (bicyclic) bond motifs is 15. The van der Waals surface area contributed by atoms with Crippen molar-refractivity contribution in [1.29, 1.82) is 5.26 Å². The van der Waals surface area contributed by atoms with Gasteiger partial charge in [0.15, 0.2) is 4.96 Å². The highest BCUT2D eigenvalue weighted by Crippen LogP contribution is 2.42. The number of imidazole rings is 1. The van der Waals surface area contributed by atoms with Crippen LogP contribution in [0, 0.1) is 21.8 Å². The first-order chi connectivity index (χ1) is 26.7. The number of para-hydroxylation sites is 2. The Kier molecular flexibility index (Phi) is 6.00. The van der Waals surface area contributed by atoms with E-state index in [0.29, 0.717) is 5.56 Å². The largest absolute Gasteiger partial charge is 0.283 e. The Morgan fingerprint density at radius 2 is 0.944 bits per heavy atom. The van der Waals surface area contributed by atoms with Gasteiger partial charge in [0.25, 0.3) is 0 Å². The molecule has 12 rings (SSSR count). The fourth-order valence-electron chi connectivity index (χ4n) is 9.12. The Balaban J connectivity index is 1.35. The van der Waals surface area contributed by atoms with Crippen molar-refractivity contribution in [1.82, 2.24) is 9.38 Å². The summed E-state index contributed by atoms with van der Waals surface area (Å²) in [7, 11) is 0. The minimum absolute atomic E-state index is 0.648. The quantitative estimate of drug-likeness (QED) is 0.171. The molecule has 0 bridgehead atoms. The molecule has 54 heavy (non-hydrogen) atoms. The maximum Gasteiger partial charge on any atom is 0.195 e. The molecule has 0 saturated heterocycles. The molecule has 0 saturated carbocycles. The van der Waals surface area contributed by atoms with Gasteiger partial charge < -0.3 is 0 Å². The van der Waals surface area contributed by atoms with Crippen molar-refractivity contribution in [2.75, 3.05) is 0 Å². The number of hydrogen-bond acceptors (Lipinski definition) is 3. The van der Waals surface area contributed by atoms with Gasteiger partial charge in [-0.2, -0.15) is 5.26 Å². The van der Waals surface area contributed by atoms with E-state index in [0.717, 1.165) is 48.6 Å². The zero-order valence-corrected chi connectivity index (χ0v) is 29.7. The number of aromatic nitrogens is 2. The van der Waals surface area contributed by atoms with E-state index in [9.17, 15) is 5.26 Å². The van der Waals surface area contributed by atoms with E-state index >= 15 is 0 Å². The lowest BCUT2D eigenvalue weighted by Gasteiger charge is -2.14. The number of nitrogens with zero attached hydrogens (tertiary/aromatic N) is 3. The van der Waals surface area contributed by atoms with Gasteiger partial charge in [0.1, 0.15) is 0 Å². The highest BCUT2D eigenvalue weighted by atomic mass is 32.1. The molecule has 10 aromatic rings.